The number of carbonyl (C=O) groups is 1. The summed E-state index contributed by atoms with van der Waals surface area (Å²) >= 11 is 0. The van der Waals surface area contributed by atoms with E-state index in [2.05, 4.69) is 5.32 Å². The van der Waals surface area contributed by atoms with E-state index >= 15 is 0 Å². The van der Waals surface area contributed by atoms with E-state index in [0.717, 1.165) is 32.5 Å². The van der Waals surface area contributed by atoms with Gasteiger partial charge in [-0.3, -0.25) is 14.9 Å². The molecule has 0 saturated carbocycles. The van der Waals surface area contributed by atoms with Gasteiger partial charge in [0.1, 0.15) is 0 Å². The number of primary amides is 1. The second kappa shape index (κ2) is 6.53. The van der Waals surface area contributed by atoms with E-state index < -0.39 is 10.8 Å². The third-order valence-electron chi connectivity index (χ3n) is 3.86. The van der Waals surface area contributed by atoms with Crippen LogP contribution in [0.4, 0.5) is 11.4 Å². The summed E-state index contributed by atoms with van der Waals surface area (Å²) in [5, 5.41) is 14.1. The lowest BCUT2D eigenvalue weighted by Crippen LogP contribution is -2.35. The Morgan fingerprint density at radius 3 is 2.71 bits per heavy atom. The maximum atomic E-state index is 11.6. The van der Waals surface area contributed by atoms with E-state index in [9.17, 15) is 14.9 Å². The van der Waals surface area contributed by atoms with Gasteiger partial charge in [-0.05, 0) is 37.9 Å². The summed E-state index contributed by atoms with van der Waals surface area (Å²) in [6, 6.07) is 4.25. The minimum absolute atomic E-state index is 0.122. The van der Waals surface area contributed by atoms with Gasteiger partial charge in [0.2, 0.25) is 0 Å². The number of benzene rings is 1. The zero-order chi connectivity index (χ0) is 15.4. The molecule has 0 aromatic heterocycles. The SMILES string of the molecule is CN(CC1CCNCC1)c1ccc([N+](=O)[O-])cc1C(N)=O. The van der Waals surface area contributed by atoms with E-state index in [-0.39, 0.29) is 11.3 Å². The van der Waals surface area contributed by atoms with E-state index in [4.69, 9.17) is 5.73 Å². The number of piperidine rings is 1. The molecule has 1 saturated heterocycles. The Kier molecular flexibility index (Phi) is 4.74. The number of nitro benzene ring substituents is 1. The molecule has 0 aliphatic carbocycles. The summed E-state index contributed by atoms with van der Waals surface area (Å²) in [4.78, 5) is 23.8. The molecule has 1 aromatic carbocycles. The first-order valence-electron chi connectivity index (χ1n) is 6.99. The number of hydrogen-bond acceptors (Lipinski definition) is 5. The highest BCUT2D eigenvalue weighted by Crippen LogP contribution is 2.26. The average molecular weight is 292 g/mol. The van der Waals surface area contributed by atoms with Crippen LogP contribution in [0.3, 0.4) is 0 Å². The van der Waals surface area contributed by atoms with Crippen LogP contribution < -0.4 is 16.0 Å². The molecule has 1 amide bonds. The quantitative estimate of drug-likeness (QED) is 0.625. The molecule has 3 N–H and O–H groups in total. The van der Waals surface area contributed by atoms with Gasteiger partial charge in [0, 0.05) is 31.4 Å². The molecule has 7 heteroatoms. The zero-order valence-corrected chi connectivity index (χ0v) is 12.0. The molecule has 0 bridgehead atoms. The van der Waals surface area contributed by atoms with Crippen molar-refractivity contribution in [3.05, 3.63) is 33.9 Å². The fraction of sp³-hybridized carbons (Fsp3) is 0.500. The lowest BCUT2D eigenvalue weighted by atomic mass is 9.97. The Morgan fingerprint density at radius 1 is 1.48 bits per heavy atom. The molecule has 0 unspecified atom stereocenters. The van der Waals surface area contributed by atoms with Gasteiger partial charge in [-0.2, -0.15) is 0 Å². The van der Waals surface area contributed by atoms with Crippen molar-refractivity contribution in [2.24, 2.45) is 11.7 Å². The number of amides is 1. The molecule has 114 valence electrons. The third-order valence-corrected chi connectivity index (χ3v) is 3.86. The Balaban J connectivity index is 2.20. The number of carbonyl (C=O) groups excluding carboxylic acids is 1. The molecular formula is C14H20N4O3. The summed E-state index contributed by atoms with van der Waals surface area (Å²) in [6.07, 6.45) is 2.17. The van der Waals surface area contributed by atoms with Crippen LogP contribution in [-0.2, 0) is 0 Å². The number of non-ortho nitro benzene ring substituents is 1. The van der Waals surface area contributed by atoms with Crippen LogP contribution in [0, 0.1) is 16.0 Å². The molecule has 0 radical (unpaired) electrons. The van der Waals surface area contributed by atoms with Crippen molar-refractivity contribution in [1.29, 1.82) is 0 Å². The summed E-state index contributed by atoms with van der Waals surface area (Å²) in [5.41, 5.74) is 6.07. The number of nitrogens with zero attached hydrogens (tertiary/aromatic N) is 2. The molecule has 7 nitrogen and oxygen atoms in total. The first-order chi connectivity index (χ1) is 9.99. The lowest BCUT2D eigenvalue weighted by Gasteiger charge is -2.29. The number of rotatable bonds is 5. The van der Waals surface area contributed by atoms with E-state index in [1.54, 1.807) is 6.07 Å². The second-order valence-electron chi connectivity index (χ2n) is 5.40. The van der Waals surface area contributed by atoms with Gasteiger partial charge in [-0.1, -0.05) is 0 Å². The van der Waals surface area contributed by atoms with Crippen molar-refractivity contribution in [2.75, 3.05) is 31.6 Å². The summed E-state index contributed by atoms with van der Waals surface area (Å²) in [7, 11) is 1.88. The highest BCUT2D eigenvalue weighted by molar-refractivity contribution is 5.99. The molecular weight excluding hydrogens is 272 g/mol. The normalized spacial score (nSPS) is 15.7. The second-order valence-corrected chi connectivity index (χ2v) is 5.40. The molecule has 1 heterocycles. The van der Waals surface area contributed by atoms with Crippen LogP contribution in [0.1, 0.15) is 23.2 Å². The van der Waals surface area contributed by atoms with Gasteiger partial charge in [0.15, 0.2) is 0 Å². The van der Waals surface area contributed by atoms with Gasteiger partial charge >= 0.3 is 0 Å². The fourth-order valence-electron chi connectivity index (χ4n) is 2.72. The van der Waals surface area contributed by atoms with Crippen LogP contribution in [0.5, 0.6) is 0 Å². The van der Waals surface area contributed by atoms with Crippen molar-refractivity contribution < 1.29 is 9.72 Å². The Hall–Kier alpha value is -2.15. The average Bonchev–Trinajstić information content (AvgIpc) is 2.47. The molecule has 1 fully saturated rings. The highest BCUT2D eigenvalue weighted by atomic mass is 16.6. The molecule has 1 aliphatic heterocycles. The van der Waals surface area contributed by atoms with Crippen LogP contribution in [-0.4, -0.2) is 37.5 Å². The molecule has 1 aromatic rings. The van der Waals surface area contributed by atoms with Gasteiger partial charge < -0.3 is 16.0 Å². The first-order valence-corrected chi connectivity index (χ1v) is 6.99. The van der Waals surface area contributed by atoms with E-state index in [1.165, 1.54) is 12.1 Å². The molecule has 21 heavy (non-hydrogen) atoms. The summed E-state index contributed by atoms with van der Waals surface area (Å²) in [6.45, 7) is 2.81. The topological polar surface area (TPSA) is 102 Å². The van der Waals surface area contributed by atoms with Crippen LogP contribution in [0.25, 0.3) is 0 Å². The minimum atomic E-state index is -0.647. The standard InChI is InChI=1S/C14H20N4O3/c1-17(9-10-4-6-16-7-5-10)13-3-2-11(18(20)21)8-12(13)14(15)19/h2-3,8,10,16H,4-7,9H2,1H3,(H2,15,19). The van der Waals surface area contributed by atoms with Gasteiger partial charge in [0.05, 0.1) is 10.5 Å². The van der Waals surface area contributed by atoms with Gasteiger partial charge in [-0.25, -0.2) is 0 Å². The Morgan fingerprint density at radius 2 is 2.14 bits per heavy atom. The Labute approximate surface area is 123 Å². The van der Waals surface area contributed by atoms with Crippen molar-refractivity contribution in [3.8, 4) is 0 Å². The van der Waals surface area contributed by atoms with Crippen molar-refractivity contribution in [1.82, 2.24) is 5.32 Å². The molecule has 0 atom stereocenters. The zero-order valence-electron chi connectivity index (χ0n) is 12.0. The maximum absolute atomic E-state index is 11.6. The monoisotopic (exact) mass is 292 g/mol. The highest BCUT2D eigenvalue weighted by Gasteiger charge is 2.20. The number of nitrogens with two attached hydrogens (primary N) is 1. The lowest BCUT2D eigenvalue weighted by molar-refractivity contribution is -0.384. The number of anilines is 1. The van der Waals surface area contributed by atoms with E-state index in [1.807, 2.05) is 11.9 Å². The van der Waals surface area contributed by atoms with Crippen molar-refractivity contribution in [3.63, 3.8) is 0 Å². The number of nitrogens with one attached hydrogen (secondary N) is 1. The molecule has 2 rings (SSSR count). The summed E-state index contributed by atoms with van der Waals surface area (Å²) in [5.74, 6) is -0.0990. The van der Waals surface area contributed by atoms with Crippen LogP contribution in [0.2, 0.25) is 0 Å². The van der Waals surface area contributed by atoms with Crippen LogP contribution in [0.15, 0.2) is 18.2 Å². The number of hydrogen-bond donors (Lipinski definition) is 2. The predicted octanol–water partition coefficient (Wildman–Crippen LogP) is 1.13. The largest absolute Gasteiger partial charge is 0.374 e. The van der Waals surface area contributed by atoms with Gasteiger partial charge in [-0.15, -0.1) is 0 Å². The van der Waals surface area contributed by atoms with Crippen molar-refractivity contribution in [2.45, 2.75) is 12.8 Å². The Bertz CT molecular complexity index is 541. The third kappa shape index (κ3) is 3.69. The van der Waals surface area contributed by atoms with Gasteiger partial charge in [0.25, 0.3) is 11.6 Å². The van der Waals surface area contributed by atoms with E-state index in [0.29, 0.717) is 11.6 Å². The maximum Gasteiger partial charge on any atom is 0.270 e. The molecule has 0 spiro atoms. The van der Waals surface area contributed by atoms with Crippen LogP contribution >= 0.6 is 0 Å². The summed E-state index contributed by atoms with van der Waals surface area (Å²) < 4.78 is 0. The van der Waals surface area contributed by atoms with Crippen molar-refractivity contribution >= 4 is 17.3 Å². The fourth-order valence-corrected chi connectivity index (χ4v) is 2.72. The minimum Gasteiger partial charge on any atom is -0.374 e. The first kappa shape index (κ1) is 15.2. The predicted molar refractivity (Wildman–Crippen MR) is 80.5 cm³/mol. The number of nitro groups is 1. The molecule has 1 aliphatic rings. The smallest absolute Gasteiger partial charge is 0.270 e.